The number of nitrogens with one attached hydrogen (secondary N) is 1. The molecule has 7 nitrogen and oxygen atoms in total. The van der Waals surface area contributed by atoms with Crippen LogP contribution in [0, 0.1) is 0 Å². The molecule has 1 aromatic heterocycles. The molecule has 1 N–H and O–H groups in total. The van der Waals surface area contributed by atoms with E-state index in [9.17, 15) is 9.59 Å². The van der Waals surface area contributed by atoms with E-state index in [1.54, 1.807) is 19.1 Å². The molecule has 27 heavy (non-hydrogen) atoms. The summed E-state index contributed by atoms with van der Waals surface area (Å²) in [5.41, 5.74) is 1.21. The summed E-state index contributed by atoms with van der Waals surface area (Å²) in [6.07, 6.45) is -0.782. The van der Waals surface area contributed by atoms with Gasteiger partial charge in [-0.1, -0.05) is 11.3 Å². The van der Waals surface area contributed by atoms with Crippen LogP contribution in [-0.4, -0.2) is 30.3 Å². The Balaban J connectivity index is 1.67. The fourth-order valence-electron chi connectivity index (χ4n) is 2.30. The van der Waals surface area contributed by atoms with E-state index in [1.807, 2.05) is 25.1 Å². The molecule has 0 fully saturated rings. The molecule has 0 aliphatic rings. The van der Waals surface area contributed by atoms with Crippen LogP contribution in [0.15, 0.2) is 42.5 Å². The molecule has 1 amide bonds. The summed E-state index contributed by atoms with van der Waals surface area (Å²) in [5.74, 6) is 0.763. The zero-order valence-corrected chi connectivity index (χ0v) is 15.7. The summed E-state index contributed by atoms with van der Waals surface area (Å²) >= 11 is 1.37. The van der Waals surface area contributed by atoms with Crippen LogP contribution in [0.5, 0.6) is 11.5 Å². The van der Waals surface area contributed by atoms with Crippen LogP contribution in [-0.2, 0) is 4.74 Å². The van der Waals surface area contributed by atoms with E-state index in [0.29, 0.717) is 23.1 Å². The van der Waals surface area contributed by atoms with Crippen molar-refractivity contribution in [1.82, 2.24) is 4.98 Å². The number of hydrogen-bond donors (Lipinski definition) is 1. The first-order chi connectivity index (χ1) is 13.1. The van der Waals surface area contributed by atoms with Gasteiger partial charge in [-0.25, -0.2) is 9.78 Å². The molecular formula is C19H18N2O5S. The molecule has 0 radical (unpaired) electrons. The van der Waals surface area contributed by atoms with E-state index in [2.05, 4.69) is 10.3 Å². The quantitative estimate of drug-likeness (QED) is 0.496. The first-order valence-corrected chi connectivity index (χ1v) is 9.20. The molecule has 2 aromatic carbocycles. The third-order valence-corrected chi connectivity index (χ3v) is 4.40. The van der Waals surface area contributed by atoms with E-state index < -0.39 is 6.16 Å². The van der Waals surface area contributed by atoms with Crippen molar-refractivity contribution in [2.45, 2.75) is 13.8 Å². The zero-order chi connectivity index (χ0) is 19.2. The topological polar surface area (TPSA) is 86.8 Å². The second kappa shape index (κ2) is 8.50. The standard InChI is InChI=1S/C19H18N2O5S/c1-3-24-14-9-10-15-16(11-14)27-18(20-15)21-17(22)12-5-7-13(8-6-12)26-19(23)25-4-2/h5-11H,3-4H2,1-2H3,(H,20,21,22). The third-order valence-electron chi connectivity index (χ3n) is 3.47. The molecule has 8 heteroatoms. The summed E-state index contributed by atoms with van der Waals surface area (Å²) in [4.78, 5) is 28.1. The number of rotatable bonds is 6. The van der Waals surface area contributed by atoms with Crippen LogP contribution in [0.4, 0.5) is 9.93 Å². The van der Waals surface area contributed by atoms with Crippen LogP contribution in [0.1, 0.15) is 24.2 Å². The average molecular weight is 386 g/mol. The fourth-order valence-corrected chi connectivity index (χ4v) is 3.19. The maximum atomic E-state index is 12.4. The van der Waals surface area contributed by atoms with Crippen molar-refractivity contribution in [2.75, 3.05) is 18.5 Å². The van der Waals surface area contributed by atoms with E-state index in [1.165, 1.54) is 23.5 Å². The van der Waals surface area contributed by atoms with Crippen molar-refractivity contribution < 1.29 is 23.8 Å². The number of fused-ring (bicyclic) bond motifs is 1. The van der Waals surface area contributed by atoms with Crippen LogP contribution >= 0.6 is 11.3 Å². The van der Waals surface area contributed by atoms with Gasteiger partial charge in [0.05, 0.1) is 23.4 Å². The second-order valence-corrected chi connectivity index (χ2v) is 6.38. The highest BCUT2D eigenvalue weighted by Crippen LogP contribution is 2.29. The van der Waals surface area contributed by atoms with E-state index in [-0.39, 0.29) is 12.5 Å². The maximum Gasteiger partial charge on any atom is 0.513 e. The third kappa shape index (κ3) is 4.73. The summed E-state index contributed by atoms with van der Waals surface area (Å²) < 4.78 is 16.1. The van der Waals surface area contributed by atoms with Gasteiger partial charge in [0, 0.05) is 5.56 Å². The Hall–Kier alpha value is -3.13. The number of nitrogens with zero attached hydrogens (tertiary/aromatic N) is 1. The molecular weight excluding hydrogens is 368 g/mol. The number of amides is 1. The van der Waals surface area contributed by atoms with Crippen LogP contribution in [0.3, 0.4) is 0 Å². The number of ether oxygens (including phenoxy) is 3. The molecule has 3 rings (SSSR count). The number of carbonyl (C=O) groups is 2. The van der Waals surface area contributed by atoms with Gasteiger partial charge in [0.15, 0.2) is 5.13 Å². The fraction of sp³-hybridized carbons (Fsp3) is 0.211. The lowest BCUT2D eigenvalue weighted by atomic mass is 10.2. The molecule has 0 aliphatic heterocycles. The molecule has 0 bridgehead atoms. The molecule has 0 saturated carbocycles. The van der Waals surface area contributed by atoms with Gasteiger partial charge in [-0.15, -0.1) is 0 Å². The Labute approximate surface area is 159 Å². The second-order valence-electron chi connectivity index (χ2n) is 5.35. The van der Waals surface area contributed by atoms with Gasteiger partial charge in [0.25, 0.3) is 5.91 Å². The lowest BCUT2D eigenvalue weighted by Gasteiger charge is -2.05. The van der Waals surface area contributed by atoms with Gasteiger partial charge in [0.2, 0.25) is 0 Å². The van der Waals surface area contributed by atoms with Crippen molar-refractivity contribution in [2.24, 2.45) is 0 Å². The first kappa shape index (κ1) is 18.7. The Kier molecular flexibility index (Phi) is 5.87. The minimum absolute atomic E-state index is 0.230. The SMILES string of the molecule is CCOC(=O)Oc1ccc(C(=O)Nc2nc3ccc(OCC)cc3s2)cc1. The van der Waals surface area contributed by atoms with Crippen molar-refractivity contribution >= 4 is 38.7 Å². The highest BCUT2D eigenvalue weighted by molar-refractivity contribution is 7.22. The van der Waals surface area contributed by atoms with Crippen LogP contribution < -0.4 is 14.8 Å². The van der Waals surface area contributed by atoms with Gasteiger partial charge in [-0.3, -0.25) is 10.1 Å². The molecule has 0 saturated heterocycles. The predicted molar refractivity (Wildman–Crippen MR) is 103 cm³/mol. The molecule has 140 valence electrons. The van der Waals surface area contributed by atoms with Crippen molar-refractivity contribution in [1.29, 1.82) is 0 Å². The largest absolute Gasteiger partial charge is 0.513 e. The van der Waals surface area contributed by atoms with Gasteiger partial charge < -0.3 is 14.2 Å². The molecule has 0 unspecified atom stereocenters. The normalized spacial score (nSPS) is 10.4. The summed E-state index contributed by atoms with van der Waals surface area (Å²) in [6.45, 7) is 4.43. The smallest absolute Gasteiger partial charge is 0.494 e. The van der Waals surface area contributed by atoms with E-state index >= 15 is 0 Å². The molecule has 3 aromatic rings. The number of thiazole rings is 1. The summed E-state index contributed by atoms with van der Waals surface area (Å²) in [7, 11) is 0. The van der Waals surface area contributed by atoms with Gasteiger partial charge >= 0.3 is 6.16 Å². The number of carbonyl (C=O) groups excluding carboxylic acids is 2. The molecule has 0 spiro atoms. The van der Waals surface area contributed by atoms with Crippen molar-refractivity contribution in [3.05, 3.63) is 48.0 Å². The number of aromatic nitrogens is 1. The Morgan fingerprint density at radius 1 is 1.04 bits per heavy atom. The lowest BCUT2D eigenvalue weighted by Crippen LogP contribution is -2.12. The minimum Gasteiger partial charge on any atom is -0.494 e. The van der Waals surface area contributed by atoms with Gasteiger partial charge in [-0.05, 0) is 56.3 Å². The molecule has 0 aliphatic carbocycles. The molecule has 0 atom stereocenters. The first-order valence-electron chi connectivity index (χ1n) is 8.38. The van der Waals surface area contributed by atoms with E-state index in [0.717, 1.165) is 16.0 Å². The highest BCUT2D eigenvalue weighted by Gasteiger charge is 2.12. The Bertz CT molecular complexity index is 952. The predicted octanol–water partition coefficient (Wildman–Crippen LogP) is 4.48. The van der Waals surface area contributed by atoms with E-state index in [4.69, 9.17) is 14.2 Å². The average Bonchev–Trinajstić information content (AvgIpc) is 3.04. The number of benzene rings is 2. The number of hydrogen-bond acceptors (Lipinski definition) is 7. The maximum absolute atomic E-state index is 12.4. The Morgan fingerprint density at radius 3 is 2.48 bits per heavy atom. The Morgan fingerprint density at radius 2 is 1.78 bits per heavy atom. The van der Waals surface area contributed by atoms with Gasteiger partial charge in [0.1, 0.15) is 11.5 Å². The van der Waals surface area contributed by atoms with Crippen LogP contribution in [0.25, 0.3) is 10.2 Å². The number of anilines is 1. The summed E-state index contributed by atoms with van der Waals surface area (Å²) in [5, 5.41) is 3.27. The highest BCUT2D eigenvalue weighted by atomic mass is 32.1. The minimum atomic E-state index is -0.782. The lowest BCUT2D eigenvalue weighted by molar-refractivity contribution is 0.102. The summed E-state index contributed by atoms with van der Waals surface area (Å²) in [6, 6.07) is 11.8. The van der Waals surface area contributed by atoms with Gasteiger partial charge in [-0.2, -0.15) is 0 Å². The van der Waals surface area contributed by atoms with Crippen LogP contribution in [0.2, 0.25) is 0 Å². The monoisotopic (exact) mass is 386 g/mol. The van der Waals surface area contributed by atoms with Crippen molar-refractivity contribution in [3.63, 3.8) is 0 Å². The molecule has 1 heterocycles. The van der Waals surface area contributed by atoms with Crippen molar-refractivity contribution in [3.8, 4) is 11.5 Å². The zero-order valence-electron chi connectivity index (χ0n) is 14.9.